The monoisotopic (exact) mass is 457 g/mol. The van der Waals surface area contributed by atoms with Gasteiger partial charge in [0.1, 0.15) is 35.6 Å². The van der Waals surface area contributed by atoms with Crippen LogP contribution in [0.2, 0.25) is 0 Å². The van der Waals surface area contributed by atoms with Crippen LogP contribution in [-0.4, -0.2) is 53.1 Å². The second-order valence-corrected chi connectivity index (χ2v) is 8.20. The van der Waals surface area contributed by atoms with Gasteiger partial charge in [0.15, 0.2) is 5.82 Å². The van der Waals surface area contributed by atoms with Gasteiger partial charge in [-0.25, -0.2) is 13.8 Å². The van der Waals surface area contributed by atoms with Crippen LogP contribution < -0.4 is 4.90 Å². The van der Waals surface area contributed by atoms with Crippen molar-refractivity contribution in [3.8, 4) is 6.07 Å². The van der Waals surface area contributed by atoms with E-state index in [-0.39, 0.29) is 24.2 Å². The minimum absolute atomic E-state index is 0.0341. The second kappa shape index (κ2) is 10.7. The molecule has 1 amide bonds. The van der Waals surface area contributed by atoms with E-state index in [2.05, 4.69) is 20.9 Å². The Hall–Kier alpha value is -3.12. The fraction of sp³-hybridized carbons (Fsp3) is 0.500. The molecule has 0 N–H and O–H groups in total. The molecule has 1 fully saturated rings. The van der Waals surface area contributed by atoms with Crippen LogP contribution in [0.1, 0.15) is 51.3 Å². The largest absolute Gasteiger partial charge is 0.359 e. The molecule has 9 heteroatoms. The molecular weight excluding hydrogens is 428 g/mol. The summed E-state index contributed by atoms with van der Waals surface area (Å²) < 4.78 is 33.5. The van der Waals surface area contributed by atoms with Crippen LogP contribution in [0, 0.1) is 23.0 Å². The summed E-state index contributed by atoms with van der Waals surface area (Å²) in [5, 5.41) is 8.97. The molecule has 2 aromatic rings. The van der Waals surface area contributed by atoms with E-state index in [0.717, 1.165) is 24.5 Å². The van der Waals surface area contributed by atoms with Crippen LogP contribution in [-0.2, 0) is 15.1 Å². The number of halogens is 2. The van der Waals surface area contributed by atoms with E-state index in [1.165, 1.54) is 6.20 Å². The lowest BCUT2D eigenvalue weighted by Gasteiger charge is -2.41. The van der Waals surface area contributed by atoms with Crippen molar-refractivity contribution in [2.24, 2.45) is 0 Å². The quantitative estimate of drug-likeness (QED) is 0.540. The topological polar surface area (TPSA) is 82.3 Å². The van der Waals surface area contributed by atoms with E-state index in [4.69, 9.17) is 10.00 Å². The van der Waals surface area contributed by atoms with E-state index in [1.54, 1.807) is 17.0 Å². The molecule has 0 radical (unpaired) electrons. The third-order valence-electron chi connectivity index (χ3n) is 6.14. The van der Waals surface area contributed by atoms with Crippen LogP contribution in [0.15, 0.2) is 30.6 Å². The molecule has 2 aromatic heterocycles. The first-order valence-corrected chi connectivity index (χ1v) is 11.2. The SMILES string of the molecule is CCN(CC(C)N(CC)c1ccc(C#N)cn1)C(=O)COC1(c2ncc(F)cc2F)CCC1. The number of likely N-dealkylation sites (N-methyl/N-ethyl adjacent to an activating group) is 2. The van der Waals surface area contributed by atoms with Crippen molar-refractivity contribution < 1.29 is 18.3 Å². The standard InChI is InChI=1S/C24H29F2N5O2/c1-4-30(15-17(3)31(5-2)21-8-7-18(12-27)13-28-21)22(32)16-33-24(9-6-10-24)23-20(26)11-19(25)14-29-23/h7-8,11,13-14,17H,4-6,9-10,15-16H2,1-3H3. The molecular formula is C24H29F2N5O2. The minimum atomic E-state index is -0.986. The van der Waals surface area contributed by atoms with Crippen LogP contribution >= 0.6 is 0 Å². The summed E-state index contributed by atoms with van der Waals surface area (Å²) >= 11 is 0. The number of carbonyl (C=O) groups is 1. The summed E-state index contributed by atoms with van der Waals surface area (Å²) in [7, 11) is 0. The number of amides is 1. The highest BCUT2D eigenvalue weighted by Crippen LogP contribution is 2.44. The zero-order valence-electron chi connectivity index (χ0n) is 19.2. The van der Waals surface area contributed by atoms with E-state index in [9.17, 15) is 13.6 Å². The third-order valence-corrected chi connectivity index (χ3v) is 6.14. The molecule has 0 saturated heterocycles. The van der Waals surface area contributed by atoms with E-state index < -0.39 is 17.2 Å². The maximum atomic E-state index is 14.3. The lowest BCUT2D eigenvalue weighted by Crippen LogP contribution is -2.47. The second-order valence-electron chi connectivity index (χ2n) is 8.20. The summed E-state index contributed by atoms with van der Waals surface area (Å²) in [5.74, 6) is -0.973. The maximum absolute atomic E-state index is 14.3. The molecule has 0 spiro atoms. The van der Waals surface area contributed by atoms with Crippen LogP contribution in [0.4, 0.5) is 14.6 Å². The smallest absolute Gasteiger partial charge is 0.248 e. The molecule has 1 saturated carbocycles. The molecule has 1 aliphatic carbocycles. The molecule has 3 rings (SSSR count). The maximum Gasteiger partial charge on any atom is 0.248 e. The van der Waals surface area contributed by atoms with E-state index >= 15 is 0 Å². The van der Waals surface area contributed by atoms with Crippen molar-refractivity contribution in [3.05, 3.63) is 53.5 Å². The van der Waals surface area contributed by atoms with Crippen LogP contribution in [0.3, 0.4) is 0 Å². The van der Waals surface area contributed by atoms with Gasteiger partial charge in [0.05, 0.1) is 11.8 Å². The summed E-state index contributed by atoms with van der Waals surface area (Å²) in [5.41, 5.74) is -0.439. The summed E-state index contributed by atoms with van der Waals surface area (Å²) in [6, 6.07) is 6.33. The Morgan fingerprint density at radius 1 is 1.24 bits per heavy atom. The number of rotatable bonds is 10. The molecule has 0 bridgehead atoms. The zero-order chi connectivity index (χ0) is 24.0. The molecule has 176 valence electrons. The van der Waals surface area contributed by atoms with Gasteiger partial charge in [-0.15, -0.1) is 0 Å². The molecule has 0 aliphatic heterocycles. The highest BCUT2D eigenvalue weighted by atomic mass is 19.1. The van der Waals surface area contributed by atoms with Crippen molar-refractivity contribution in [3.63, 3.8) is 0 Å². The van der Waals surface area contributed by atoms with Gasteiger partial charge in [-0.05, 0) is 52.2 Å². The normalized spacial score (nSPS) is 15.3. The Labute approximate surface area is 193 Å². The van der Waals surface area contributed by atoms with E-state index in [1.807, 2.05) is 20.8 Å². The van der Waals surface area contributed by atoms with Gasteiger partial charge in [0.2, 0.25) is 5.91 Å². The zero-order valence-corrected chi connectivity index (χ0v) is 19.2. The van der Waals surface area contributed by atoms with Crippen LogP contribution in [0.5, 0.6) is 0 Å². The van der Waals surface area contributed by atoms with Crippen molar-refractivity contribution >= 4 is 11.7 Å². The summed E-state index contributed by atoms with van der Waals surface area (Å²) in [6.07, 6.45) is 4.39. The molecule has 1 unspecified atom stereocenters. The van der Waals surface area contributed by atoms with Gasteiger partial charge in [-0.2, -0.15) is 5.26 Å². The Balaban J connectivity index is 1.64. The lowest BCUT2D eigenvalue weighted by molar-refractivity contribution is -0.155. The molecule has 2 heterocycles. The number of aromatic nitrogens is 2. The molecule has 1 aliphatic rings. The number of hydrogen-bond acceptors (Lipinski definition) is 6. The predicted octanol–water partition coefficient (Wildman–Crippen LogP) is 3.79. The first-order valence-electron chi connectivity index (χ1n) is 11.2. The fourth-order valence-electron chi connectivity index (χ4n) is 4.13. The van der Waals surface area contributed by atoms with Crippen molar-refractivity contribution in [2.75, 3.05) is 31.1 Å². The fourth-order valence-corrected chi connectivity index (χ4v) is 4.13. The van der Waals surface area contributed by atoms with Crippen molar-refractivity contribution in [1.82, 2.24) is 14.9 Å². The number of ether oxygens (including phenoxy) is 1. The number of carbonyl (C=O) groups excluding carboxylic acids is 1. The summed E-state index contributed by atoms with van der Waals surface area (Å²) in [4.78, 5) is 25.0. The number of pyridine rings is 2. The highest BCUT2D eigenvalue weighted by Gasteiger charge is 2.44. The first-order chi connectivity index (χ1) is 15.8. The van der Waals surface area contributed by atoms with E-state index in [0.29, 0.717) is 38.0 Å². The number of nitrogens with zero attached hydrogens (tertiary/aromatic N) is 5. The predicted molar refractivity (Wildman–Crippen MR) is 119 cm³/mol. The van der Waals surface area contributed by atoms with Crippen molar-refractivity contribution in [2.45, 2.75) is 51.7 Å². The Kier molecular flexibility index (Phi) is 7.92. The third kappa shape index (κ3) is 5.45. The number of anilines is 1. The van der Waals surface area contributed by atoms with Gasteiger partial charge in [0, 0.05) is 37.9 Å². The number of hydrogen-bond donors (Lipinski definition) is 0. The van der Waals surface area contributed by atoms with Gasteiger partial charge < -0.3 is 14.5 Å². The van der Waals surface area contributed by atoms with Crippen molar-refractivity contribution in [1.29, 1.82) is 5.26 Å². The average molecular weight is 458 g/mol. The molecule has 7 nitrogen and oxygen atoms in total. The van der Waals surface area contributed by atoms with Gasteiger partial charge in [-0.3, -0.25) is 9.78 Å². The van der Waals surface area contributed by atoms with Gasteiger partial charge in [-0.1, -0.05) is 0 Å². The molecule has 1 atom stereocenters. The Bertz CT molecular complexity index is 1000. The van der Waals surface area contributed by atoms with Gasteiger partial charge in [0.25, 0.3) is 0 Å². The Morgan fingerprint density at radius 2 is 2.00 bits per heavy atom. The Morgan fingerprint density at radius 3 is 2.52 bits per heavy atom. The van der Waals surface area contributed by atoms with Gasteiger partial charge >= 0.3 is 0 Å². The average Bonchev–Trinajstić information content (AvgIpc) is 2.78. The molecule has 33 heavy (non-hydrogen) atoms. The van der Waals surface area contributed by atoms with Crippen LogP contribution in [0.25, 0.3) is 0 Å². The first kappa shape index (κ1) is 24.5. The lowest BCUT2D eigenvalue weighted by atomic mass is 9.77. The minimum Gasteiger partial charge on any atom is -0.359 e. The molecule has 0 aromatic carbocycles. The highest BCUT2D eigenvalue weighted by molar-refractivity contribution is 5.77. The number of nitriles is 1. The summed E-state index contributed by atoms with van der Waals surface area (Å²) in [6.45, 7) is 7.31.